The van der Waals surface area contributed by atoms with Gasteiger partial charge in [0, 0.05) is 17.8 Å². The van der Waals surface area contributed by atoms with E-state index in [9.17, 15) is 0 Å². The summed E-state index contributed by atoms with van der Waals surface area (Å²) in [5.74, 6) is 1.55. The van der Waals surface area contributed by atoms with Gasteiger partial charge >= 0.3 is 0 Å². The molecule has 0 amide bonds. The van der Waals surface area contributed by atoms with Gasteiger partial charge in [0.15, 0.2) is 0 Å². The van der Waals surface area contributed by atoms with Crippen molar-refractivity contribution >= 4 is 11.0 Å². The molecule has 1 aliphatic rings. The summed E-state index contributed by atoms with van der Waals surface area (Å²) in [5, 5.41) is 1.21. The van der Waals surface area contributed by atoms with Gasteiger partial charge in [-0.2, -0.15) is 0 Å². The highest BCUT2D eigenvalue weighted by Crippen LogP contribution is 2.38. The van der Waals surface area contributed by atoms with Crippen molar-refractivity contribution in [1.29, 1.82) is 0 Å². The van der Waals surface area contributed by atoms with E-state index in [2.05, 4.69) is 28.1 Å². The molecule has 2 aromatic rings. The lowest BCUT2D eigenvalue weighted by atomic mass is 9.79. The number of hydrogen-bond donors (Lipinski definition) is 1. The Morgan fingerprint density at radius 3 is 3.19 bits per heavy atom. The molecule has 3 heteroatoms. The number of nitrogens with one attached hydrogen (secondary N) is 1. The van der Waals surface area contributed by atoms with Crippen molar-refractivity contribution in [2.24, 2.45) is 5.92 Å². The van der Waals surface area contributed by atoms with Crippen LogP contribution in [0, 0.1) is 5.92 Å². The van der Waals surface area contributed by atoms with Gasteiger partial charge in [-0.1, -0.05) is 19.8 Å². The van der Waals surface area contributed by atoms with Crippen LogP contribution in [0.3, 0.4) is 0 Å². The van der Waals surface area contributed by atoms with Gasteiger partial charge in [-0.3, -0.25) is 0 Å². The lowest BCUT2D eigenvalue weighted by Crippen LogP contribution is -2.11. The van der Waals surface area contributed by atoms with Crippen molar-refractivity contribution in [2.45, 2.75) is 38.5 Å². The van der Waals surface area contributed by atoms with Crippen LogP contribution in [-0.4, -0.2) is 15.0 Å². The fourth-order valence-electron chi connectivity index (χ4n) is 2.93. The van der Waals surface area contributed by atoms with Gasteiger partial charge in [0.05, 0.1) is 0 Å². The normalized spacial score (nSPS) is 26.1. The van der Waals surface area contributed by atoms with Crippen LogP contribution in [0.2, 0.25) is 0 Å². The van der Waals surface area contributed by atoms with Crippen LogP contribution in [0.25, 0.3) is 11.0 Å². The average molecular weight is 215 g/mol. The molecule has 16 heavy (non-hydrogen) atoms. The Balaban J connectivity index is 1.99. The molecule has 0 aliphatic heterocycles. The number of aromatic amines is 1. The van der Waals surface area contributed by atoms with E-state index in [1.54, 1.807) is 6.33 Å². The summed E-state index contributed by atoms with van der Waals surface area (Å²) in [4.78, 5) is 11.6. The minimum Gasteiger partial charge on any atom is -0.346 e. The minimum atomic E-state index is 0.698. The van der Waals surface area contributed by atoms with Gasteiger partial charge in [-0.05, 0) is 30.2 Å². The largest absolute Gasteiger partial charge is 0.346 e. The number of rotatable bonds is 1. The number of fused-ring (bicyclic) bond motifs is 1. The van der Waals surface area contributed by atoms with Crippen LogP contribution < -0.4 is 0 Å². The Kier molecular flexibility index (Phi) is 2.39. The highest BCUT2D eigenvalue weighted by molar-refractivity contribution is 5.79. The molecule has 3 nitrogen and oxygen atoms in total. The smallest absolute Gasteiger partial charge is 0.140 e. The first-order chi connectivity index (χ1) is 7.84. The van der Waals surface area contributed by atoms with Crippen molar-refractivity contribution in [2.75, 3.05) is 0 Å². The molecule has 0 unspecified atom stereocenters. The molecule has 1 fully saturated rings. The minimum absolute atomic E-state index is 0.698. The fraction of sp³-hybridized carbons (Fsp3) is 0.538. The number of hydrogen-bond acceptors (Lipinski definition) is 2. The first-order valence-electron chi connectivity index (χ1n) is 6.11. The summed E-state index contributed by atoms with van der Waals surface area (Å²) in [6.45, 7) is 2.36. The Bertz CT molecular complexity index is 489. The monoisotopic (exact) mass is 215 g/mol. The Labute approximate surface area is 95.3 Å². The molecule has 0 spiro atoms. The van der Waals surface area contributed by atoms with Gasteiger partial charge in [-0.25, -0.2) is 9.97 Å². The van der Waals surface area contributed by atoms with E-state index in [1.165, 1.54) is 36.6 Å². The molecular formula is C13H17N3. The third-order valence-corrected chi connectivity index (χ3v) is 3.76. The maximum absolute atomic E-state index is 4.25. The molecule has 0 saturated heterocycles. The molecule has 2 heterocycles. The molecule has 1 aliphatic carbocycles. The van der Waals surface area contributed by atoms with Gasteiger partial charge < -0.3 is 4.98 Å². The predicted octanol–water partition coefficient (Wildman–Crippen LogP) is 3.25. The van der Waals surface area contributed by atoms with Crippen LogP contribution in [0.4, 0.5) is 0 Å². The van der Waals surface area contributed by atoms with Crippen molar-refractivity contribution in [3.05, 3.63) is 24.3 Å². The lowest BCUT2D eigenvalue weighted by Gasteiger charge is -2.26. The zero-order valence-electron chi connectivity index (χ0n) is 9.61. The second-order valence-corrected chi connectivity index (χ2v) is 5.00. The molecule has 3 rings (SSSR count). The highest BCUT2D eigenvalue weighted by Gasteiger charge is 2.22. The van der Waals surface area contributed by atoms with Gasteiger partial charge in [0.2, 0.25) is 0 Å². The van der Waals surface area contributed by atoms with Crippen molar-refractivity contribution in [3.8, 4) is 0 Å². The van der Waals surface area contributed by atoms with Crippen LogP contribution in [0.5, 0.6) is 0 Å². The van der Waals surface area contributed by atoms with Crippen molar-refractivity contribution in [1.82, 2.24) is 15.0 Å². The average Bonchev–Trinajstić information content (AvgIpc) is 2.72. The fourth-order valence-corrected chi connectivity index (χ4v) is 2.93. The van der Waals surface area contributed by atoms with E-state index in [0.717, 1.165) is 11.6 Å². The van der Waals surface area contributed by atoms with Gasteiger partial charge in [0.25, 0.3) is 0 Å². The Hall–Kier alpha value is -1.38. The number of nitrogens with zero attached hydrogens (tertiary/aromatic N) is 2. The predicted molar refractivity (Wildman–Crippen MR) is 64.3 cm³/mol. The van der Waals surface area contributed by atoms with Crippen LogP contribution in [-0.2, 0) is 0 Å². The molecular weight excluding hydrogens is 198 g/mol. The van der Waals surface area contributed by atoms with Crippen molar-refractivity contribution < 1.29 is 0 Å². The molecule has 1 N–H and O–H groups in total. The summed E-state index contributed by atoms with van der Waals surface area (Å²) in [6, 6.07) is 0. The summed E-state index contributed by atoms with van der Waals surface area (Å²) in [7, 11) is 0. The Morgan fingerprint density at radius 1 is 1.38 bits per heavy atom. The topological polar surface area (TPSA) is 41.6 Å². The summed E-state index contributed by atoms with van der Waals surface area (Å²) in [6.07, 6.45) is 11.0. The van der Waals surface area contributed by atoms with E-state index in [1.807, 2.05) is 6.20 Å². The molecule has 84 valence electrons. The SMILES string of the molecule is C[C@H]1CCC[C@@H](c2c[nH]c3ncncc23)C1. The van der Waals surface area contributed by atoms with E-state index < -0.39 is 0 Å². The van der Waals surface area contributed by atoms with Crippen LogP contribution >= 0.6 is 0 Å². The van der Waals surface area contributed by atoms with E-state index in [-0.39, 0.29) is 0 Å². The molecule has 1 saturated carbocycles. The maximum atomic E-state index is 4.25. The first kappa shape index (κ1) is 9.82. The number of aromatic nitrogens is 3. The Morgan fingerprint density at radius 2 is 2.31 bits per heavy atom. The molecule has 2 atom stereocenters. The quantitative estimate of drug-likeness (QED) is 0.793. The zero-order valence-corrected chi connectivity index (χ0v) is 9.61. The summed E-state index contributed by atoms with van der Waals surface area (Å²) >= 11 is 0. The first-order valence-corrected chi connectivity index (χ1v) is 6.11. The third-order valence-electron chi connectivity index (χ3n) is 3.76. The van der Waals surface area contributed by atoms with Gasteiger partial charge in [-0.15, -0.1) is 0 Å². The van der Waals surface area contributed by atoms with Crippen LogP contribution in [0.1, 0.15) is 44.1 Å². The van der Waals surface area contributed by atoms with Gasteiger partial charge in [0.1, 0.15) is 12.0 Å². The molecule has 0 bridgehead atoms. The van der Waals surface area contributed by atoms with Crippen molar-refractivity contribution in [3.63, 3.8) is 0 Å². The standard InChI is InChI=1S/C13H17N3/c1-9-3-2-4-10(5-9)11-7-15-13-12(11)6-14-8-16-13/h6-10H,2-5H2,1H3,(H,14,15,16)/t9-,10+/m0/s1. The third kappa shape index (κ3) is 1.60. The summed E-state index contributed by atoms with van der Waals surface area (Å²) < 4.78 is 0. The highest BCUT2D eigenvalue weighted by atomic mass is 14.9. The molecule has 2 aromatic heterocycles. The van der Waals surface area contributed by atoms with E-state index in [0.29, 0.717) is 5.92 Å². The number of H-pyrrole nitrogens is 1. The molecule has 0 radical (unpaired) electrons. The van der Waals surface area contributed by atoms with E-state index >= 15 is 0 Å². The summed E-state index contributed by atoms with van der Waals surface area (Å²) in [5.41, 5.74) is 2.39. The second kappa shape index (κ2) is 3.89. The molecule has 0 aromatic carbocycles. The van der Waals surface area contributed by atoms with Crippen LogP contribution in [0.15, 0.2) is 18.7 Å². The maximum Gasteiger partial charge on any atom is 0.140 e. The zero-order chi connectivity index (χ0) is 11.0. The second-order valence-electron chi connectivity index (χ2n) is 5.00. The van der Waals surface area contributed by atoms with E-state index in [4.69, 9.17) is 0 Å². The lowest BCUT2D eigenvalue weighted by molar-refractivity contribution is 0.345.